The Morgan fingerprint density at radius 1 is 1.08 bits per heavy atom. The van der Waals surface area contributed by atoms with Crippen molar-refractivity contribution in [3.05, 3.63) is 35.4 Å². The van der Waals surface area contributed by atoms with Crippen LogP contribution < -0.4 is 0 Å². The number of nitrogens with zero attached hydrogens (tertiary/aromatic N) is 2. The molecule has 2 amide bonds. The van der Waals surface area contributed by atoms with Crippen molar-refractivity contribution < 1.29 is 27.5 Å². The van der Waals surface area contributed by atoms with Gasteiger partial charge in [0.1, 0.15) is 5.60 Å². The molecule has 0 N–H and O–H groups in total. The number of hydrogen-bond acceptors (Lipinski definition) is 3. The molecule has 1 aliphatic heterocycles. The molecule has 26 heavy (non-hydrogen) atoms. The number of piperazine rings is 1. The molecule has 1 aromatic rings. The third-order valence-corrected chi connectivity index (χ3v) is 4.00. The zero-order valence-corrected chi connectivity index (χ0v) is 15.3. The van der Waals surface area contributed by atoms with Crippen LogP contribution in [0.5, 0.6) is 0 Å². The highest BCUT2D eigenvalue weighted by Gasteiger charge is 2.33. The standard InChI is InChI=1S/C18H23F3N2O3/c1-12-11-22(16(25)26-17(2,3)4)9-10-23(12)15(24)13-5-7-14(8-6-13)18(19,20)21/h5-8,12H,9-11H2,1-4H3/t12-/m1/s1. The van der Waals surface area contributed by atoms with Crippen LogP contribution in [-0.2, 0) is 10.9 Å². The van der Waals surface area contributed by atoms with Crippen LogP contribution in [0.15, 0.2) is 24.3 Å². The molecule has 1 fully saturated rings. The zero-order chi connectivity index (χ0) is 19.7. The van der Waals surface area contributed by atoms with Crippen molar-refractivity contribution in [3.63, 3.8) is 0 Å². The number of amides is 2. The lowest BCUT2D eigenvalue weighted by atomic mass is 10.1. The van der Waals surface area contributed by atoms with Gasteiger partial charge in [0.2, 0.25) is 0 Å². The summed E-state index contributed by atoms with van der Waals surface area (Å²) in [4.78, 5) is 27.8. The molecule has 1 aliphatic rings. The van der Waals surface area contributed by atoms with Crippen molar-refractivity contribution in [3.8, 4) is 0 Å². The van der Waals surface area contributed by atoms with Crippen LogP contribution in [-0.4, -0.2) is 53.1 Å². The Morgan fingerprint density at radius 3 is 2.12 bits per heavy atom. The topological polar surface area (TPSA) is 49.9 Å². The molecule has 0 spiro atoms. The second-order valence-electron chi connectivity index (χ2n) is 7.35. The normalized spacial score (nSPS) is 18.7. The van der Waals surface area contributed by atoms with Crippen molar-refractivity contribution >= 4 is 12.0 Å². The first-order valence-corrected chi connectivity index (χ1v) is 8.34. The van der Waals surface area contributed by atoms with Gasteiger partial charge in [-0.25, -0.2) is 4.79 Å². The third-order valence-electron chi connectivity index (χ3n) is 4.00. The van der Waals surface area contributed by atoms with E-state index >= 15 is 0 Å². The highest BCUT2D eigenvalue weighted by Crippen LogP contribution is 2.29. The molecule has 0 radical (unpaired) electrons. The second kappa shape index (κ2) is 7.17. The van der Waals surface area contributed by atoms with E-state index in [1.54, 1.807) is 32.6 Å². The van der Waals surface area contributed by atoms with E-state index in [1.807, 2.05) is 0 Å². The van der Waals surface area contributed by atoms with Crippen molar-refractivity contribution in [1.29, 1.82) is 0 Å². The van der Waals surface area contributed by atoms with E-state index in [2.05, 4.69) is 0 Å². The van der Waals surface area contributed by atoms with E-state index in [1.165, 1.54) is 17.0 Å². The average Bonchev–Trinajstić information content (AvgIpc) is 2.52. The second-order valence-corrected chi connectivity index (χ2v) is 7.35. The van der Waals surface area contributed by atoms with Crippen LogP contribution in [0.2, 0.25) is 0 Å². The lowest BCUT2D eigenvalue weighted by Crippen LogP contribution is -2.56. The average molecular weight is 372 g/mol. The van der Waals surface area contributed by atoms with Crippen LogP contribution >= 0.6 is 0 Å². The summed E-state index contributed by atoms with van der Waals surface area (Å²) in [5, 5.41) is 0. The van der Waals surface area contributed by atoms with E-state index in [0.29, 0.717) is 19.6 Å². The minimum Gasteiger partial charge on any atom is -0.444 e. The summed E-state index contributed by atoms with van der Waals surface area (Å²) in [6.45, 7) is 8.03. The minimum absolute atomic E-state index is 0.190. The smallest absolute Gasteiger partial charge is 0.416 e. The number of rotatable bonds is 1. The molecule has 0 aromatic heterocycles. The van der Waals surface area contributed by atoms with Crippen LogP contribution in [0.3, 0.4) is 0 Å². The minimum atomic E-state index is -4.44. The Hall–Kier alpha value is -2.25. The first-order chi connectivity index (χ1) is 11.9. The number of benzene rings is 1. The molecule has 0 bridgehead atoms. The number of ether oxygens (including phenoxy) is 1. The lowest BCUT2D eigenvalue weighted by Gasteiger charge is -2.40. The fraction of sp³-hybridized carbons (Fsp3) is 0.556. The molecule has 0 saturated carbocycles. The van der Waals surface area contributed by atoms with Gasteiger partial charge in [0.15, 0.2) is 0 Å². The fourth-order valence-electron chi connectivity index (χ4n) is 2.72. The van der Waals surface area contributed by atoms with Gasteiger partial charge in [-0.05, 0) is 52.0 Å². The molecule has 1 atom stereocenters. The van der Waals surface area contributed by atoms with Gasteiger partial charge < -0.3 is 14.5 Å². The molecule has 1 aromatic carbocycles. The van der Waals surface area contributed by atoms with E-state index in [0.717, 1.165) is 12.1 Å². The summed E-state index contributed by atoms with van der Waals surface area (Å²) in [6, 6.07) is 3.88. The molecular formula is C18H23F3N2O3. The van der Waals surface area contributed by atoms with E-state index < -0.39 is 23.4 Å². The van der Waals surface area contributed by atoms with E-state index in [-0.39, 0.29) is 17.5 Å². The Labute approximate surface area is 150 Å². The van der Waals surface area contributed by atoms with Crippen molar-refractivity contribution in [2.24, 2.45) is 0 Å². The molecule has 1 saturated heterocycles. The summed E-state index contributed by atoms with van der Waals surface area (Å²) < 4.78 is 43.2. The number of halogens is 3. The lowest BCUT2D eigenvalue weighted by molar-refractivity contribution is -0.137. The number of carbonyl (C=O) groups is 2. The van der Waals surface area contributed by atoms with Gasteiger partial charge in [-0.2, -0.15) is 13.2 Å². The molecule has 0 aliphatic carbocycles. The Balaban J connectivity index is 2.03. The van der Waals surface area contributed by atoms with Crippen LogP contribution in [0.4, 0.5) is 18.0 Å². The maximum absolute atomic E-state index is 12.6. The van der Waals surface area contributed by atoms with Gasteiger partial charge in [0.05, 0.1) is 5.56 Å². The largest absolute Gasteiger partial charge is 0.444 e. The quantitative estimate of drug-likeness (QED) is 0.754. The van der Waals surface area contributed by atoms with Gasteiger partial charge in [-0.1, -0.05) is 0 Å². The Morgan fingerprint density at radius 2 is 1.65 bits per heavy atom. The number of alkyl halides is 3. The SMILES string of the molecule is C[C@@H]1CN(C(=O)OC(C)(C)C)CCN1C(=O)c1ccc(C(F)(F)F)cc1. The van der Waals surface area contributed by atoms with E-state index in [9.17, 15) is 22.8 Å². The van der Waals surface area contributed by atoms with Gasteiger partial charge in [0.25, 0.3) is 5.91 Å². The van der Waals surface area contributed by atoms with Gasteiger partial charge in [0, 0.05) is 31.2 Å². The van der Waals surface area contributed by atoms with Crippen LogP contribution in [0.1, 0.15) is 43.6 Å². The van der Waals surface area contributed by atoms with Crippen LogP contribution in [0.25, 0.3) is 0 Å². The molecular weight excluding hydrogens is 349 g/mol. The van der Waals surface area contributed by atoms with Crippen molar-refractivity contribution in [1.82, 2.24) is 9.80 Å². The van der Waals surface area contributed by atoms with Crippen molar-refractivity contribution in [2.75, 3.05) is 19.6 Å². The molecule has 144 valence electrons. The molecule has 2 rings (SSSR count). The fourth-order valence-corrected chi connectivity index (χ4v) is 2.72. The molecule has 0 unspecified atom stereocenters. The maximum Gasteiger partial charge on any atom is 0.416 e. The summed E-state index contributed by atoms with van der Waals surface area (Å²) in [5.74, 6) is -0.352. The highest BCUT2D eigenvalue weighted by atomic mass is 19.4. The van der Waals surface area contributed by atoms with Gasteiger partial charge in [-0.15, -0.1) is 0 Å². The highest BCUT2D eigenvalue weighted by molar-refractivity contribution is 5.94. The van der Waals surface area contributed by atoms with Crippen LogP contribution in [0, 0.1) is 0 Å². The molecule has 5 nitrogen and oxygen atoms in total. The van der Waals surface area contributed by atoms with Gasteiger partial charge in [-0.3, -0.25) is 4.79 Å². The third kappa shape index (κ3) is 4.89. The summed E-state index contributed by atoms with van der Waals surface area (Å²) in [7, 11) is 0. The predicted molar refractivity (Wildman–Crippen MR) is 89.7 cm³/mol. The Kier molecular flexibility index (Phi) is 5.53. The first kappa shape index (κ1) is 20.1. The maximum atomic E-state index is 12.6. The summed E-state index contributed by atoms with van der Waals surface area (Å²) >= 11 is 0. The molecule has 8 heteroatoms. The first-order valence-electron chi connectivity index (χ1n) is 8.34. The summed E-state index contributed by atoms with van der Waals surface area (Å²) in [5.41, 5.74) is -1.21. The van der Waals surface area contributed by atoms with E-state index in [4.69, 9.17) is 4.74 Å². The predicted octanol–water partition coefficient (Wildman–Crippen LogP) is 3.79. The van der Waals surface area contributed by atoms with Crippen molar-refractivity contribution in [2.45, 2.75) is 45.5 Å². The molecule has 1 heterocycles. The zero-order valence-electron chi connectivity index (χ0n) is 15.3. The number of hydrogen-bond donors (Lipinski definition) is 0. The number of carbonyl (C=O) groups excluding carboxylic acids is 2. The summed E-state index contributed by atoms with van der Waals surface area (Å²) in [6.07, 6.45) is -4.88. The van der Waals surface area contributed by atoms with Gasteiger partial charge >= 0.3 is 12.3 Å². The Bertz CT molecular complexity index is 666. The monoisotopic (exact) mass is 372 g/mol.